The number of benzene rings is 2. The van der Waals surface area contributed by atoms with Crippen LogP contribution in [-0.2, 0) is 0 Å². The zero-order chi connectivity index (χ0) is 15.9. The second kappa shape index (κ2) is 7.28. The maximum absolute atomic E-state index is 9.29. The lowest BCUT2D eigenvalue weighted by Gasteiger charge is -2.11. The van der Waals surface area contributed by atoms with E-state index in [9.17, 15) is 5.26 Å². The molecule has 0 heterocycles. The summed E-state index contributed by atoms with van der Waals surface area (Å²) in [6.45, 7) is 2.04. The van der Waals surface area contributed by atoms with Gasteiger partial charge in [-0.25, -0.2) is 0 Å². The van der Waals surface area contributed by atoms with Crippen molar-refractivity contribution in [3.8, 4) is 6.07 Å². The van der Waals surface area contributed by atoms with Gasteiger partial charge in [0.25, 0.3) is 0 Å². The van der Waals surface area contributed by atoms with Crippen molar-refractivity contribution < 1.29 is 0 Å². The lowest BCUT2D eigenvalue weighted by atomic mass is 10.0. The molecule has 22 heavy (non-hydrogen) atoms. The van der Waals surface area contributed by atoms with Gasteiger partial charge in [-0.2, -0.15) is 5.26 Å². The smallest absolute Gasteiger partial charge is 0.0997 e. The van der Waals surface area contributed by atoms with Crippen molar-refractivity contribution in [3.63, 3.8) is 0 Å². The summed E-state index contributed by atoms with van der Waals surface area (Å²) >= 11 is 0. The van der Waals surface area contributed by atoms with Crippen LogP contribution < -0.4 is 4.90 Å². The number of hydrogen-bond acceptors (Lipinski definition) is 2. The van der Waals surface area contributed by atoms with Gasteiger partial charge in [0.1, 0.15) is 0 Å². The summed E-state index contributed by atoms with van der Waals surface area (Å²) in [5.41, 5.74) is 5.09. The van der Waals surface area contributed by atoms with E-state index in [-0.39, 0.29) is 0 Å². The maximum atomic E-state index is 9.29. The minimum Gasteiger partial charge on any atom is -0.378 e. The molecule has 2 nitrogen and oxygen atoms in total. The Morgan fingerprint density at radius 3 is 2.18 bits per heavy atom. The first-order chi connectivity index (χ1) is 10.6. The number of hydrogen-bond donors (Lipinski definition) is 0. The summed E-state index contributed by atoms with van der Waals surface area (Å²) in [4.78, 5) is 2.07. The third-order valence-electron chi connectivity index (χ3n) is 3.44. The predicted octanol–water partition coefficient (Wildman–Crippen LogP) is 4.68. The lowest BCUT2D eigenvalue weighted by Crippen LogP contribution is -2.07. The van der Waals surface area contributed by atoms with Crippen LogP contribution >= 0.6 is 0 Å². The van der Waals surface area contributed by atoms with E-state index in [2.05, 4.69) is 35.2 Å². The van der Waals surface area contributed by atoms with Gasteiger partial charge in [-0.3, -0.25) is 0 Å². The van der Waals surface area contributed by atoms with Gasteiger partial charge in [0.2, 0.25) is 0 Å². The molecule has 0 atom stereocenters. The summed E-state index contributed by atoms with van der Waals surface area (Å²) in [6, 6.07) is 18.5. The number of nitrogens with zero attached hydrogens (tertiary/aromatic N) is 2. The zero-order valence-corrected chi connectivity index (χ0v) is 13.2. The fourth-order valence-corrected chi connectivity index (χ4v) is 2.07. The normalized spacial score (nSPS) is 11.5. The van der Waals surface area contributed by atoms with Gasteiger partial charge in [-0.1, -0.05) is 54.1 Å². The van der Waals surface area contributed by atoms with Gasteiger partial charge in [-0.15, -0.1) is 0 Å². The van der Waals surface area contributed by atoms with Gasteiger partial charge in [0.15, 0.2) is 0 Å². The van der Waals surface area contributed by atoms with E-state index >= 15 is 0 Å². The molecule has 0 N–H and O–H groups in total. The van der Waals surface area contributed by atoms with E-state index in [1.165, 1.54) is 11.3 Å². The van der Waals surface area contributed by atoms with E-state index in [4.69, 9.17) is 0 Å². The second-order valence-electron chi connectivity index (χ2n) is 5.40. The quantitative estimate of drug-likeness (QED) is 0.603. The van der Waals surface area contributed by atoms with Crippen molar-refractivity contribution >= 4 is 17.3 Å². The first-order valence-electron chi connectivity index (χ1n) is 7.23. The molecule has 0 aliphatic carbocycles. The molecule has 2 aromatic rings. The lowest BCUT2D eigenvalue weighted by molar-refractivity contribution is 1.13. The highest BCUT2D eigenvalue weighted by atomic mass is 15.1. The monoisotopic (exact) mass is 288 g/mol. The number of anilines is 1. The Bertz CT molecular complexity index is 712. The number of rotatable bonds is 4. The van der Waals surface area contributed by atoms with Crippen molar-refractivity contribution in [1.82, 2.24) is 0 Å². The van der Waals surface area contributed by atoms with Gasteiger partial charge in [-0.05, 0) is 36.3 Å². The largest absolute Gasteiger partial charge is 0.378 e. The summed E-state index contributed by atoms with van der Waals surface area (Å²) < 4.78 is 0. The predicted molar refractivity (Wildman–Crippen MR) is 94.6 cm³/mol. The molecule has 0 aliphatic rings. The van der Waals surface area contributed by atoms with Crippen LogP contribution in [0.1, 0.15) is 16.7 Å². The summed E-state index contributed by atoms with van der Waals surface area (Å²) in [5, 5.41) is 9.29. The average Bonchev–Trinajstić information content (AvgIpc) is 2.53. The molecular weight excluding hydrogens is 268 g/mol. The highest BCUT2D eigenvalue weighted by molar-refractivity contribution is 5.78. The summed E-state index contributed by atoms with van der Waals surface area (Å²) in [6.07, 6.45) is 5.78. The van der Waals surface area contributed by atoms with Gasteiger partial charge in [0, 0.05) is 19.8 Å². The highest BCUT2D eigenvalue weighted by Crippen LogP contribution is 2.16. The average molecular weight is 288 g/mol. The van der Waals surface area contributed by atoms with Crippen LogP contribution in [-0.4, -0.2) is 14.1 Å². The molecule has 0 spiro atoms. The van der Waals surface area contributed by atoms with E-state index in [0.29, 0.717) is 5.57 Å². The molecule has 2 rings (SSSR count). The minimum absolute atomic E-state index is 0.668. The van der Waals surface area contributed by atoms with Gasteiger partial charge >= 0.3 is 0 Å². The Morgan fingerprint density at radius 1 is 1.00 bits per heavy atom. The zero-order valence-electron chi connectivity index (χ0n) is 13.2. The summed E-state index contributed by atoms with van der Waals surface area (Å²) in [5.74, 6) is 0. The molecule has 0 fully saturated rings. The Morgan fingerprint density at radius 2 is 1.64 bits per heavy atom. The third-order valence-corrected chi connectivity index (χ3v) is 3.44. The summed E-state index contributed by atoms with van der Waals surface area (Å²) in [7, 11) is 4.04. The first kappa shape index (κ1) is 15.6. The molecule has 0 aliphatic heterocycles. The Balaban J connectivity index is 2.14. The van der Waals surface area contributed by atoms with Crippen LogP contribution in [0.3, 0.4) is 0 Å². The minimum atomic E-state index is 0.668. The molecule has 2 heteroatoms. The van der Waals surface area contributed by atoms with Crippen molar-refractivity contribution in [2.45, 2.75) is 6.92 Å². The van der Waals surface area contributed by atoms with E-state index in [1.807, 2.05) is 63.5 Å². The van der Waals surface area contributed by atoms with E-state index in [0.717, 1.165) is 11.1 Å². The topological polar surface area (TPSA) is 27.0 Å². The molecule has 0 saturated heterocycles. The number of nitriles is 1. The standard InChI is InChI=1S/C20H20N2/c1-16-7-11-18(12-8-16)19(15-21)6-4-5-17-9-13-20(14-10-17)22(2)3/h4-14H,1-3H3/b5-4+,19-6-. The van der Waals surface area contributed by atoms with Crippen LogP contribution in [0.2, 0.25) is 0 Å². The third kappa shape index (κ3) is 4.10. The molecule has 0 radical (unpaired) electrons. The Hall–Kier alpha value is -2.79. The fourth-order valence-electron chi connectivity index (χ4n) is 2.07. The van der Waals surface area contributed by atoms with Crippen molar-refractivity contribution in [2.24, 2.45) is 0 Å². The van der Waals surface area contributed by atoms with E-state index in [1.54, 1.807) is 0 Å². The second-order valence-corrected chi connectivity index (χ2v) is 5.40. The molecule has 0 bridgehead atoms. The van der Waals surface area contributed by atoms with Crippen LogP contribution in [0.4, 0.5) is 5.69 Å². The van der Waals surface area contributed by atoms with Crippen LogP contribution in [0.15, 0.2) is 60.7 Å². The molecule has 0 unspecified atom stereocenters. The van der Waals surface area contributed by atoms with Crippen molar-refractivity contribution in [3.05, 3.63) is 77.4 Å². The van der Waals surface area contributed by atoms with Crippen molar-refractivity contribution in [1.29, 1.82) is 5.26 Å². The Labute approximate surface area is 132 Å². The molecule has 0 saturated carbocycles. The maximum Gasteiger partial charge on any atom is 0.0997 e. The molecule has 0 aromatic heterocycles. The molecule has 2 aromatic carbocycles. The van der Waals surface area contributed by atoms with Gasteiger partial charge in [0.05, 0.1) is 11.6 Å². The SMILES string of the molecule is Cc1ccc(/C(C#N)=C\C=C\c2ccc(N(C)C)cc2)cc1. The Kier molecular flexibility index (Phi) is 5.16. The van der Waals surface area contributed by atoms with Gasteiger partial charge < -0.3 is 4.90 Å². The number of allylic oxidation sites excluding steroid dienone is 3. The molecular formula is C20H20N2. The molecule has 0 amide bonds. The molecule has 110 valence electrons. The van der Waals surface area contributed by atoms with Crippen LogP contribution in [0.5, 0.6) is 0 Å². The highest BCUT2D eigenvalue weighted by Gasteiger charge is 1.98. The van der Waals surface area contributed by atoms with E-state index < -0.39 is 0 Å². The first-order valence-corrected chi connectivity index (χ1v) is 7.23. The van der Waals surface area contributed by atoms with Crippen LogP contribution in [0.25, 0.3) is 11.6 Å². The fraction of sp³-hybridized carbons (Fsp3) is 0.150. The van der Waals surface area contributed by atoms with Crippen molar-refractivity contribution in [2.75, 3.05) is 19.0 Å². The number of aryl methyl sites for hydroxylation is 1. The van der Waals surface area contributed by atoms with Crippen LogP contribution in [0, 0.1) is 18.3 Å².